The van der Waals surface area contributed by atoms with Gasteiger partial charge in [0.05, 0.1) is 5.92 Å². The molecule has 0 aliphatic carbocycles. The smallest absolute Gasteiger partial charge is 0.251 e. The first kappa shape index (κ1) is 13.5. The average molecular weight is 261 g/mol. The van der Waals surface area contributed by atoms with Crippen LogP contribution in [0.15, 0.2) is 24.3 Å². The van der Waals surface area contributed by atoms with Gasteiger partial charge in [-0.25, -0.2) is 0 Å². The van der Waals surface area contributed by atoms with Gasteiger partial charge < -0.3 is 16.0 Å². The molecule has 0 saturated carbocycles. The molecule has 0 bridgehead atoms. The Bertz CT molecular complexity index is 481. The SMILES string of the molecule is CC(C)NC(=O)c1cccc(NC(=O)C2CNC2)c1. The Labute approximate surface area is 112 Å². The summed E-state index contributed by atoms with van der Waals surface area (Å²) in [7, 11) is 0. The van der Waals surface area contributed by atoms with Crippen LogP contribution in [0.5, 0.6) is 0 Å². The standard InChI is InChI=1S/C14H19N3O2/c1-9(2)16-13(18)10-4-3-5-12(6-10)17-14(19)11-7-15-8-11/h3-6,9,11,15H,7-8H2,1-2H3,(H,16,18)(H,17,19). The summed E-state index contributed by atoms with van der Waals surface area (Å²) in [6, 6.07) is 7.08. The molecule has 0 radical (unpaired) electrons. The van der Waals surface area contributed by atoms with Gasteiger partial charge >= 0.3 is 0 Å². The fourth-order valence-corrected chi connectivity index (χ4v) is 1.80. The highest BCUT2D eigenvalue weighted by Gasteiger charge is 2.24. The van der Waals surface area contributed by atoms with Crippen LogP contribution in [0.2, 0.25) is 0 Å². The van der Waals surface area contributed by atoms with Gasteiger partial charge in [0, 0.05) is 30.4 Å². The fraction of sp³-hybridized carbons (Fsp3) is 0.429. The number of carbonyl (C=O) groups excluding carboxylic acids is 2. The van der Waals surface area contributed by atoms with E-state index in [2.05, 4.69) is 16.0 Å². The van der Waals surface area contributed by atoms with Gasteiger partial charge in [-0.05, 0) is 32.0 Å². The summed E-state index contributed by atoms with van der Waals surface area (Å²) in [5.74, 6) is -0.0928. The number of amides is 2. The molecule has 1 fully saturated rings. The topological polar surface area (TPSA) is 70.2 Å². The van der Waals surface area contributed by atoms with Crippen molar-refractivity contribution >= 4 is 17.5 Å². The van der Waals surface area contributed by atoms with Crippen molar-refractivity contribution < 1.29 is 9.59 Å². The molecule has 19 heavy (non-hydrogen) atoms. The first-order valence-electron chi connectivity index (χ1n) is 6.49. The lowest BCUT2D eigenvalue weighted by molar-refractivity contribution is -0.121. The van der Waals surface area contributed by atoms with E-state index in [-0.39, 0.29) is 23.8 Å². The number of hydrogen-bond donors (Lipinski definition) is 3. The molecule has 2 rings (SSSR count). The first-order chi connectivity index (χ1) is 9.06. The third-order valence-electron chi connectivity index (χ3n) is 2.96. The molecule has 5 nitrogen and oxygen atoms in total. The number of anilines is 1. The Hall–Kier alpha value is -1.88. The zero-order chi connectivity index (χ0) is 13.8. The van der Waals surface area contributed by atoms with Crippen LogP contribution >= 0.6 is 0 Å². The minimum atomic E-state index is -0.128. The van der Waals surface area contributed by atoms with Gasteiger partial charge in [0.1, 0.15) is 0 Å². The van der Waals surface area contributed by atoms with Crippen LogP contribution in [0.3, 0.4) is 0 Å². The van der Waals surface area contributed by atoms with E-state index < -0.39 is 0 Å². The van der Waals surface area contributed by atoms with Gasteiger partial charge in [-0.15, -0.1) is 0 Å². The molecule has 0 atom stereocenters. The minimum absolute atomic E-state index is 0.000155. The van der Waals surface area contributed by atoms with E-state index in [0.717, 1.165) is 13.1 Å². The van der Waals surface area contributed by atoms with Crippen LogP contribution in [0.25, 0.3) is 0 Å². The minimum Gasteiger partial charge on any atom is -0.350 e. The van der Waals surface area contributed by atoms with Crippen LogP contribution in [0.1, 0.15) is 24.2 Å². The van der Waals surface area contributed by atoms with Crippen LogP contribution in [-0.2, 0) is 4.79 Å². The summed E-state index contributed by atoms with van der Waals surface area (Å²) in [6.07, 6.45) is 0. The highest BCUT2D eigenvalue weighted by Crippen LogP contribution is 2.13. The van der Waals surface area contributed by atoms with Gasteiger partial charge in [-0.2, -0.15) is 0 Å². The van der Waals surface area contributed by atoms with E-state index in [0.29, 0.717) is 11.3 Å². The van der Waals surface area contributed by atoms with Crippen LogP contribution in [-0.4, -0.2) is 30.9 Å². The second kappa shape index (κ2) is 5.84. The highest BCUT2D eigenvalue weighted by molar-refractivity contribution is 5.98. The molecule has 0 spiro atoms. The summed E-state index contributed by atoms with van der Waals surface area (Å²) >= 11 is 0. The number of rotatable bonds is 4. The molecule has 1 aliphatic rings. The predicted molar refractivity (Wildman–Crippen MR) is 74.0 cm³/mol. The fourth-order valence-electron chi connectivity index (χ4n) is 1.80. The van der Waals surface area contributed by atoms with Crippen molar-refractivity contribution in [3.05, 3.63) is 29.8 Å². The van der Waals surface area contributed by atoms with Crippen molar-refractivity contribution in [3.8, 4) is 0 Å². The Balaban J connectivity index is 2.02. The monoisotopic (exact) mass is 261 g/mol. The van der Waals surface area contributed by atoms with Crippen molar-refractivity contribution in [2.24, 2.45) is 5.92 Å². The second-order valence-corrected chi connectivity index (χ2v) is 5.05. The molecular weight excluding hydrogens is 242 g/mol. The summed E-state index contributed by atoms with van der Waals surface area (Å²) < 4.78 is 0. The highest BCUT2D eigenvalue weighted by atomic mass is 16.2. The van der Waals surface area contributed by atoms with Crippen molar-refractivity contribution in [3.63, 3.8) is 0 Å². The normalized spacial score (nSPS) is 14.9. The number of nitrogens with one attached hydrogen (secondary N) is 3. The van der Waals surface area contributed by atoms with E-state index in [1.807, 2.05) is 13.8 Å². The van der Waals surface area contributed by atoms with Gasteiger partial charge in [0.2, 0.25) is 5.91 Å². The van der Waals surface area contributed by atoms with Crippen LogP contribution in [0, 0.1) is 5.92 Å². The molecule has 1 aromatic rings. The molecule has 5 heteroatoms. The molecule has 0 aromatic heterocycles. The Morgan fingerprint density at radius 2 is 2.05 bits per heavy atom. The van der Waals surface area contributed by atoms with E-state index in [1.165, 1.54) is 0 Å². The number of hydrogen-bond acceptors (Lipinski definition) is 3. The molecule has 102 valence electrons. The van der Waals surface area contributed by atoms with Gasteiger partial charge in [0.15, 0.2) is 0 Å². The van der Waals surface area contributed by atoms with Crippen molar-refractivity contribution in [2.75, 3.05) is 18.4 Å². The summed E-state index contributed by atoms with van der Waals surface area (Å²) in [4.78, 5) is 23.7. The largest absolute Gasteiger partial charge is 0.350 e. The molecule has 1 heterocycles. The van der Waals surface area contributed by atoms with Crippen molar-refractivity contribution in [1.82, 2.24) is 10.6 Å². The maximum atomic E-state index is 11.9. The Kier molecular flexibility index (Phi) is 4.16. The zero-order valence-electron chi connectivity index (χ0n) is 11.2. The maximum Gasteiger partial charge on any atom is 0.251 e. The third kappa shape index (κ3) is 3.54. The quantitative estimate of drug-likeness (QED) is 0.756. The molecular formula is C14H19N3O2. The van der Waals surface area contributed by atoms with E-state index >= 15 is 0 Å². The summed E-state index contributed by atoms with van der Waals surface area (Å²) in [6.45, 7) is 5.26. The Morgan fingerprint density at radius 1 is 1.32 bits per heavy atom. The first-order valence-corrected chi connectivity index (χ1v) is 6.49. The van der Waals surface area contributed by atoms with Gasteiger partial charge in [0.25, 0.3) is 5.91 Å². The van der Waals surface area contributed by atoms with Crippen molar-refractivity contribution in [2.45, 2.75) is 19.9 Å². The second-order valence-electron chi connectivity index (χ2n) is 5.05. The Morgan fingerprint density at radius 3 is 2.63 bits per heavy atom. The molecule has 0 unspecified atom stereocenters. The molecule has 2 amide bonds. The third-order valence-corrected chi connectivity index (χ3v) is 2.96. The van der Waals surface area contributed by atoms with Crippen molar-refractivity contribution in [1.29, 1.82) is 0 Å². The molecule has 1 aliphatic heterocycles. The van der Waals surface area contributed by atoms with E-state index in [9.17, 15) is 9.59 Å². The molecule has 1 aromatic carbocycles. The lowest BCUT2D eigenvalue weighted by Crippen LogP contribution is -2.48. The lowest BCUT2D eigenvalue weighted by atomic mass is 10.0. The maximum absolute atomic E-state index is 11.9. The molecule has 1 saturated heterocycles. The van der Waals surface area contributed by atoms with Crippen LogP contribution < -0.4 is 16.0 Å². The lowest BCUT2D eigenvalue weighted by Gasteiger charge is -2.25. The van der Waals surface area contributed by atoms with E-state index in [4.69, 9.17) is 0 Å². The van der Waals surface area contributed by atoms with Crippen LogP contribution in [0.4, 0.5) is 5.69 Å². The predicted octanol–water partition coefficient (Wildman–Crippen LogP) is 0.983. The zero-order valence-corrected chi connectivity index (χ0v) is 11.2. The summed E-state index contributed by atoms with van der Waals surface area (Å²) in [5, 5.41) is 8.71. The van der Waals surface area contributed by atoms with E-state index in [1.54, 1.807) is 24.3 Å². The molecule has 3 N–H and O–H groups in total. The number of carbonyl (C=O) groups is 2. The average Bonchev–Trinajstić information content (AvgIpc) is 2.25. The van der Waals surface area contributed by atoms with Gasteiger partial charge in [-0.3, -0.25) is 9.59 Å². The summed E-state index contributed by atoms with van der Waals surface area (Å²) in [5.41, 5.74) is 1.21. The van der Waals surface area contributed by atoms with Gasteiger partial charge in [-0.1, -0.05) is 6.07 Å². The number of benzene rings is 1.